The highest BCUT2D eigenvalue weighted by atomic mass is 79.9. The molecule has 0 fully saturated rings. The molecule has 100 valence electrons. The molecule has 3 heteroatoms. The van der Waals surface area contributed by atoms with Crippen molar-refractivity contribution >= 4 is 15.9 Å². The predicted molar refractivity (Wildman–Crippen MR) is 80.8 cm³/mol. The number of nitrogens with two attached hydrogens (primary N) is 1. The lowest BCUT2D eigenvalue weighted by atomic mass is 9.93. The van der Waals surface area contributed by atoms with E-state index in [0.717, 1.165) is 21.2 Å². The van der Waals surface area contributed by atoms with E-state index in [1.165, 1.54) is 0 Å². The number of benzene rings is 2. The summed E-state index contributed by atoms with van der Waals surface area (Å²) in [6, 6.07) is 8.96. The molecule has 0 bridgehead atoms. The first-order chi connectivity index (χ1) is 8.91. The Balaban J connectivity index is 2.53. The number of hydrogen-bond donors (Lipinski definition) is 1. The van der Waals surface area contributed by atoms with Crippen LogP contribution in [0.25, 0.3) is 0 Å². The molecule has 0 aliphatic heterocycles. The maximum absolute atomic E-state index is 14.2. The van der Waals surface area contributed by atoms with Crippen molar-refractivity contribution in [3.63, 3.8) is 0 Å². The molecule has 0 saturated carbocycles. The van der Waals surface area contributed by atoms with Gasteiger partial charge in [0, 0.05) is 10.0 Å². The minimum atomic E-state index is -0.438. The van der Waals surface area contributed by atoms with Crippen molar-refractivity contribution in [3.05, 3.63) is 68.4 Å². The molecule has 19 heavy (non-hydrogen) atoms. The number of rotatable bonds is 2. The van der Waals surface area contributed by atoms with E-state index in [-0.39, 0.29) is 5.82 Å². The fourth-order valence-electron chi connectivity index (χ4n) is 2.22. The summed E-state index contributed by atoms with van der Waals surface area (Å²) in [5.41, 5.74) is 10.5. The molecule has 0 heterocycles. The minimum Gasteiger partial charge on any atom is -0.320 e. The summed E-state index contributed by atoms with van der Waals surface area (Å²) in [7, 11) is 0. The van der Waals surface area contributed by atoms with Gasteiger partial charge in [0.2, 0.25) is 0 Å². The lowest BCUT2D eigenvalue weighted by Gasteiger charge is -2.18. The monoisotopic (exact) mass is 321 g/mol. The molecule has 0 aromatic heterocycles. The second-order valence-electron chi connectivity index (χ2n) is 4.91. The quantitative estimate of drug-likeness (QED) is 0.862. The summed E-state index contributed by atoms with van der Waals surface area (Å²) in [5, 5.41) is 0. The van der Waals surface area contributed by atoms with E-state index in [9.17, 15) is 4.39 Å². The van der Waals surface area contributed by atoms with Gasteiger partial charge in [0.05, 0.1) is 6.04 Å². The van der Waals surface area contributed by atoms with Crippen LogP contribution in [0.2, 0.25) is 0 Å². The third kappa shape index (κ3) is 2.72. The molecule has 1 unspecified atom stereocenters. The van der Waals surface area contributed by atoms with Crippen molar-refractivity contribution in [1.82, 2.24) is 0 Å². The van der Waals surface area contributed by atoms with Crippen LogP contribution in [0.1, 0.15) is 33.9 Å². The summed E-state index contributed by atoms with van der Waals surface area (Å²) in [4.78, 5) is 0. The van der Waals surface area contributed by atoms with Crippen LogP contribution in [-0.4, -0.2) is 0 Å². The number of halogens is 2. The van der Waals surface area contributed by atoms with Gasteiger partial charge in [-0.3, -0.25) is 0 Å². The SMILES string of the molecule is Cc1cc(C(N)c2cccc(C)c2F)c(C)cc1Br. The molecule has 1 atom stereocenters. The topological polar surface area (TPSA) is 26.0 Å². The first kappa shape index (κ1) is 14.2. The Morgan fingerprint density at radius 1 is 1.00 bits per heavy atom. The van der Waals surface area contributed by atoms with Crippen LogP contribution in [0, 0.1) is 26.6 Å². The smallest absolute Gasteiger partial charge is 0.131 e. The maximum Gasteiger partial charge on any atom is 0.131 e. The van der Waals surface area contributed by atoms with Crippen LogP contribution < -0.4 is 5.73 Å². The molecular weight excluding hydrogens is 305 g/mol. The van der Waals surface area contributed by atoms with Gasteiger partial charge in [-0.1, -0.05) is 40.2 Å². The lowest BCUT2D eigenvalue weighted by Crippen LogP contribution is -2.15. The van der Waals surface area contributed by atoms with E-state index in [1.807, 2.05) is 32.0 Å². The third-order valence-corrected chi connectivity index (χ3v) is 4.29. The summed E-state index contributed by atoms with van der Waals surface area (Å²) >= 11 is 3.50. The van der Waals surface area contributed by atoms with Gasteiger partial charge in [-0.25, -0.2) is 4.39 Å². The predicted octanol–water partition coefficient (Wildman–Crippen LogP) is 4.56. The zero-order valence-corrected chi connectivity index (χ0v) is 12.9. The van der Waals surface area contributed by atoms with Gasteiger partial charge in [0.25, 0.3) is 0 Å². The van der Waals surface area contributed by atoms with E-state index in [1.54, 1.807) is 19.1 Å². The molecule has 0 amide bonds. The van der Waals surface area contributed by atoms with Crippen LogP contribution in [0.3, 0.4) is 0 Å². The summed E-state index contributed by atoms with van der Waals surface area (Å²) in [5.74, 6) is -0.213. The molecular formula is C16H17BrFN. The van der Waals surface area contributed by atoms with Crippen LogP contribution in [0.4, 0.5) is 4.39 Å². The first-order valence-corrected chi connectivity index (χ1v) is 6.98. The molecule has 2 aromatic carbocycles. The van der Waals surface area contributed by atoms with Gasteiger partial charge < -0.3 is 5.73 Å². The average molecular weight is 322 g/mol. The molecule has 1 nitrogen and oxygen atoms in total. The first-order valence-electron chi connectivity index (χ1n) is 6.19. The standard InChI is InChI=1S/C16H17BrFN/c1-9-5-4-6-12(15(9)18)16(19)13-7-11(3)14(17)8-10(13)2/h4-8,16H,19H2,1-3H3. The largest absolute Gasteiger partial charge is 0.320 e. The van der Waals surface area contributed by atoms with Gasteiger partial charge in [0.15, 0.2) is 0 Å². The zero-order valence-electron chi connectivity index (χ0n) is 11.3. The molecule has 2 N–H and O–H groups in total. The molecule has 2 rings (SSSR count). The molecule has 0 saturated heterocycles. The highest BCUT2D eigenvalue weighted by molar-refractivity contribution is 9.10. The lowest BCUT2D eigenvalue weighted by molar-refractivity contribution is 0.590. The molecule has 0 aliphatic carbocycles. The summed E-state index contributed by atoms with van der Waals surface area (Å²) < 4.78 is 15.2. The third-order valence-electron chi connectivity index (χ3n) is 3.44. The van der Waals surface area contributed by atoms with Crippen molar-refractivity contribution in [3.8, 4) is 0 Å². The summed E-state index contributed by atoms with van der Waals surface area (Å²) in [6.45, 7) is 5.75. The Morgan fingerprint density at radius 2 is 1.68 bits per heavy atom. The van der Waals surface area contributed by atoms with Crippen LogP contribution in [-0.2, 0) is 0 Å². The number of hydrogen-bond acceptors (Lipinski definition) is 1. The van der Waals surface area contributed by atoms with E-state index < -0.39 is 6.04 Å². The van der Waals surface area contributed by atoms with Crippen molar-refractivity contribution in [2.24, 2.45) is 5.73 Å². The second-order valence-corrected chi connectivity index (χ2v) is 5.77. The fraction of sp³-hybridized carbons (Fsp3) is 0.250. The van der Waals surface area contributed by atoms with E-state index in [4.69, 9.17) is 5.73 Å². The highest BCUT2D eigenvalue weighted by Crippen LogP contribution is 2.29. The Bertz CT molecular complexity index is 622. The Morgan fingerprint density at radius 3 is 2.37 bits per heavy atom. The van der Waals surface area contributed by atoms with E-state index in [2.05, 4.69) is 15.9 Å². The van der Waals surface area contributed by atoms with Gasteiger partial charge in [-0.15, -0.1) is 0 Å². The van der Waals surface area contributed by atoms with Crippen LogP contribution in [0.5, 0.6) is 0 Å². The number of aryl methyl sites for hydroxylation is 3. The Kier molecular flexibility index (Phi) is 4.07. The van der Waals surface area contributed by atoms with Gasteiger partial charge in [-0.05, 0) is 49.1 Å². The minimum absolute atomic E-state index is 0.213. The van der Waals surface area contributed by atoms with Gasteiger partial charge >= 0.3 is 0 Å². The Labute approximate surface area is 121 Å². The maximum atomic E-state index is 14.2. The fourth-order valence-corrected chi connectivity index (χ4v) is 2.67. The van der Waals surface area contributed by atoms with E-state index in [0.29, 0.717) is 11.1 Å². The van der Waals surface area contributed by atoms with Gasteiger partial charge in [0.1, 0.15) is 5.82 Å². The Hall–Kier alpha value is -1.19. The molecule has 2 aromatic rings. The highest BCUT2D eigenvalue weighted by Gasteiger charge is 2.17. The van der Waals surface area contributed by atoms with Crippen LogP contribution >= 0.6 is 15.9 Å². The molecule has 0 spiro atoms. The van der Waals surface area contributed by atoms with Crippen molar-refractivity contribution in [1.29, 1.82) is 0 Å². The molecule has 0 aliphatic rings. The summed E-state index contributed by atoms with van der Waals surface area (Å²) in [6.07, 6.45) is 0. The van der Waals surface area contributed by atoms with Gasteiger partial charge in [-0.2, -0.15) is 0 Å². The molecule has 0 radical (unpaired) electrons. The van der Waals surface area contributed by atoms with E-state index >= 15 is 0 Å². The normalized spacial score (nSPS) is 12.5. The van der Waals surface area contributed by atoms with Crippen molar-refractivity contribution in [2.45, 2.75) is 26.8 Å². The van der Waals surface area contributed by atoms with Crippen molar-refractivity contribution in [2.75, 3.05) is 0 Å². The average Bonchev–Trinajstić information content (AvgIpc) is 2.36. The second kappa shape index (κ2) is 5.43. The van der Waals surface area contributed by atoms with Crippen LogP contribution in [0.15, 0.2) is 34.8 Å². The zero-order chi connectivity index (χ0) is 14.2. The van der Waals surface area contributed by atoms with Crippen molar-refractivity contribution < 1.29 is 4.39 Å².